The summed E-state index contributed by atoms with van der Waals surface area (Å²) in [6.45, 7) is 0.877. The Kier molecular flexibility index (Phi) is 4.79. The number of rotatable bonds is 3. The summed E-state index contributed by atoms with van der Waals surface area (Å²) in [6.07, 6.45) is 9.57. The molecule has 0 spiro atoms. The fraction of sp³-hybridized carbons (Fsp3) is 0.500. The normalized spacial score (nSPS) is 27.9. The van der Waals surface area contributed by atoms with Gasteiger partial charge < -0.3 is 14.8 Å². The van der Waals surface area contributed by atoms with E-state index < -0.39 is 0 Å². The van der Waals surface area contributed by atoms with E-state index in [1.165, 1.54) is 56.2 Å². The molecule has 2 aromatic rings. The van der Waals surface area contributed by atoms with Crippen LogP contribution in [0.2, 0.25) is 0 Å². The van der Waals surface area contributed by atoms with E-state index in [2.05, 4.69) is 23.5 Å². The molecule has 142 valence electrons. The van der Waals surface area contributed by atoms with Gasteiger partial charge in [-0.2, -0.15) is 0 Å². The summed E-state index contributed by atoms with van der Waals surface area (Å²) in [5.74, 6) is 3.15. The highest BCUT2D eigenvalue weighted by atomic mass is 16.5. The van der Waals surface area contributed by atoms with Gasteiger partial charge in [0, 0.05) is 29.8 Å². The Labute approximate surface area is 162 Å². The van der Waals surface area contributed by atoms with Crippen molar-refractivity contribution in [2.45, 2.75) is 57.1 Å². The van der Waals surface area contributed by atoms with E-state index in [9.17, 15) is 0 Å². The molecule has 0 radical (unpaired) electrons. The van der Waals surface area contributed by atoms with Gasteiger partial charge in [0.1, 0.15) is 11.5 Å². The minimum Gasteiger partial charge on any atom is -0.457 e. The molecule has 27 heavy (non-hydrogen) atoms. The Morgan fingerprint density at radius 2 is 1.70 bits per heavy atom. The van der Waals surface area contributed by atoms with Gasteiger partial charge in [-0.3, -0.25) is 0 Å². The van der Waals surface area contributed by atoms with E-state index in [1.54, 1.807) is 0 Å². The zero-order chi connectivity index (χ0) is 18.1. The van der Waals surface area contributed by atoms with Crippen LogP contribution < -0.4 is 10.1 Å². The van der Waals surface area contributed by atoms with Gasteiger partial charge in [0.25, 0.3) is 0 Å². The lowest BCUT2D eigenvalue weighted by molar-refractivity contribution is -0.0458. The minimum atomic E-state index is 0.209. The molecule has 0 unspecified atom stereocenters. The van der Waals surface area contributed by atoms with Crippen LogP contribution in [0.3, 0.4) is 0 Å². The molecule has 0 amide bonds. The van der Waals surface area contributed by atoms with Crippen LogP contribution >= 0.6 is 0 Å². The lowest BCUT2D eigenvalue weighted by Crippen LogP contribution is -2.46. The number of nitrogens with one attached hydrogen (secondary N) is 1. The van der Waals surface area contributed by atoms with Gasteiger partial charge >= 0.3 is 0 Å². The van der Waals surface area contributed by atoms with Crippen molar-refractivity contribution >= 4 is 5.69 Å². The fourth-order valence-corrected chi connectivity index (χ4v) is 5.34. The molecule has 2 fully saturated rings. The second-order valence-corrected chi connectivity index (χ2v) is 8.33. The second kappa shape index (κ2) is 7.55. The monoisotopic (exact) mass is 363 g/mol. The van der Waals surface area contributed by atoms with E-state index in [4.69, 9.17) is 9.47 Å². The zero-order valence-electron chi connectivity index (χ0n) is 15.9. The van der Waals surface area contributed by atoms with Crippen LogP contribution in [0.5, 0.6) is 11.5 Å². The van der Waals surface area contributed by atoms with Crippen molar-refractivity contribution in [1.29, 1.82) is 0 Å². The Morgan fingerprint density at radius 3 is 2.56 bits per heavy atom. The number of ether oxygens (including phenoxy) is 2. The number of hydrogen-bond donors (Lipinski definition) is 1. The molecule has 3 nitrogen and oxygen atoms in total. The van der Waals surface area contributed by atoms with Crippen LogP contribution in [0.1, 0.15) is 56.6 Å². The van der Waals surface area contributed by atoms with Gasteiger partial charge in [-0.1, -0.05) is 37.5 Å². The van der Waals surface area contributed by atoms with E-state index >= 15 is 0 Å². The first-order valence-corrected chi connectivity index (χ1v) is 10.6. The fourth-order valence-electron chi connectivity index (χ4n) is 5.34. The SMILES string of the molecule is c1ccc(Oc2ccc3c(c2)[C@H]2OCCC[C@H]2[C@@H](C2CCCCC2)N3)cc1. The molecule has 1 saturated heterocycles. The number of hydrogen-bond acceptors (Lipinski definition) is 3. The average molecular weight is 364 g/mol. The number of anilines is 1. The van der Waals surface area contributed by atoms with Gasteiger partial charge in [0.2, 0.25) is 0 Å². The number of benzene rings is 2. The largest absolute Gasteiger partial charge is 0.457 e. The Hall–Kier alpha value is -2.00. The van der Waals surface area contributed by atoms with Crippen molar-refractivity contribution in [3.8, 4) is 11.5 Å². The first-order valence-electron chi connectivity index (χ1n) is 10.6. The first-order chi connectivity index (χ1) is 13.4. The van der Waals surface area contributed by atoms with Crippen molar-refractivity contribution in [3.63, 3.8) is 0 Å². The smallest absolute Gasteiger partial charge is 0.127 e. The van der Waals surface area contributed by atoms with E-state index in [0.717, 1.165) is 24.0 Å². The molecule has 1 N–H and O–H groups in total. The molecule has 2 aliphatic heterocycles. The molecular formula is C24H29NO2. The van der Waals surface area contributed by atoms with Crippen molar-refractivity contribution < 1.29 is 9.47 Å². The molecule has 2 aromatic carbocycles. The minimum absolute atomic E-state index is 0.209. The van der Waals surface area contributed by atoms with E-state index in [1.807, 2.05) is 30.3 Å². The van der Waals surface area contributed by atoms with Crippen molar-refractivity contribution in [2.75, 3.05) is 11.9 Å². The van der Waals surface area contributed by atoms with Crippen LogP contribution in [-0.4, -0.2) is 12.6 Å². The summed E-state index contributed by atoms with van der Waals surface area (Å²) in [7, 11) is 0. The van der Waals surface area contributed by atoms with Gasteiger partial charge in [-0.15, -0.1) is 0 Å². The summed E-state index contributed by atoms with van der Waals surface area (Å²) >= 11 is 0. The highest BCUT2D eigenvalue weighted by molar-refractivity contribution is 5.59. The van der Waals surface area contributed by atoms with Crippen molar-refractivity contribution in [2.24, 2.45) is 11.8 Å². The molecule has 1 saturated carbocycles. The molecule has 0 aromatic heterocycles. The third-order valence-corrected chi connectivity index (χ3v) is 6.62. The summed E-state index contributed by atoms with van der Waals surface area (Å²) in [5, 5.41) is 3.92. The van der Waals surface area contributed by atoms with Crippen LogP contribution in [0.15, 0.2) is 48.5 Å². The maximum absolute atomic E-state index is 6.34. The molecule has 5 rings (SSSR count). The maximum atomic E-state index is 6.34. The second-order valence-electron chi connectivity index (χ2n) is 8.33. The average Bonchev–Trinajstić information content (AvgIpc) is 2.75. The first kappa shape index (κ1) is 17.1. The third-order valence-electron chi connectivity index (χ3n) is 6.62. The number of fused-ring (bicyclic) bond motifs is 3. The topological polar surface area (TPSA) is 30.5 Å². The molecular weight excluding hydrogens is 334 g/mol. The highest BCUT2D eigenvalue weighted by Crippen LogP contribution is 2.48. The Morgan fingerprint density at radius 1 is 0.852 bits per heavy atom. The van der Waals surface area contributed by atoms with Gasteiger partial charge in [0.05, 0.1) is 6.10 Å². The standard InChI is InChI=1S/C24H29NO2/c1-3-8-17(9-4-1)23-20-12-7-15-26-24(20)21-16-19(13-14-22(21)25-23)27-18-10-5-2-6-11-18/h2,5-6,10-11,13-14,16-17,20,23-25H,1,3-4,7-9,12,15H2/t20-,23+,24-/m0/s1. The molecule has 1 aliphatic carbocycles. The summed E-state index contributed by atoms with van der Waals surface area (Å²) in [4.78, 5) is 0. The molecule has 2 heterocycles. The van der Waals surface area contributed by atoms with Crippen molar-refractivity contribution in [3.05, 3.63) is 54.1 Å². The highest BCUT2D eigenvalue weighted by Gasteiger charge is 2.42. The van der Waals surface area contributed by atoms with Gasteiger partial charge in [-0.05, 0) is 61.9 Å². The van der Waals surface area contributed by atoms with E-state index in [0.29, 0.717) is 12.0 Å². The van der Waals surface area contributed by atoms with Crippen LogP contribution in [0, 0.1) is 11.8 Å². The van der Waals surface area contributed by atoms with Crippen molar-refractivity contribution in [1.82, 2.24) is 0 Å². The van der Waals surface area contributed by atoms with Crippen LogP contribution in [0.25, 0.3) is 0 Å². The van der Waals surface area contributed by atoms with Gasteiger partial charge in [0.15, 0.2) is 0 Å². The third kappa shape index (κ3) is 3.45. The molecule has 3 atom stereocenters. The van der Waals surface area contributed by atoms with Crippen LogP contribution in [0.4, 0.5) is 5.69 Å². The maximum Gasteiger partial charge on any atom is 0.127 e. The Bertz CT molecular complexity index is 769. The lowest BCUT2D eigenvalue weighted by Gasteiger charge is -2.47. The summed E-state index contributed by atoms with van der Waals surface area (Å²) in [5.41, 5.74) is 2.52. The summed E-state index contributed by atoms with van der Waals surface area (Å²) in [6, 6.07) is 17.0. The number of para-hydroxylation sites is 1. The predicted molar refractivity (Wildman–Crippen MR) is 108 cm³/mol. The zero-order valence-corrected chi connectivity index (χ0v) is 15.9. The van der Waals surface area contributed by atoms with E-state index in [-0.39, 0.29) is 6.10 Å². The summed E-state index contributed by atoms with van der Waals surface area (Å²) < 4.78 is 12.4. The molecule has 3 heteroatoms. The quantitative estimate of drug-likeness (QED) is 0.692. The van der Waals surface area contributed by atoms with Crippen LogP contribution in [-0.2, 0) is 4.74 Å². The lowest BCUT2D eigenvalue weighted by atomic mass is 9.71. The Balaban J connectivity index is 1.44. The molecule has 3 aliphatic rings. The predicted octanol–water partition coefficient (Wildman–Crippen LogP) is 6.32. The van der Waals surface area contributed by atoms with Gasteiger partial charge in [-0.25, -0.2) is 0 Å². The molecule has 0 bridgehead atoms.